The lowest BCUT2D eigenvalue weighted by atomic mass is 10.1. The molecule has 1 aromatic carbocycles. The number of fused-ring (bicyclic) bond motifs is 1. The van der Waals surface area contributed by atoms with Crippen LogP contribution in [-0.2, 0) is 13.0 Å². The van der Waals surface area contributed by atoms with Gasteiger partial charge < -0.3 is 9.84 Å². The van der Waals surface area contributed by atoms with E-state index in [0.717, 1.165) is 33.4 Å². The Balaban J connectivity index is 2.17. The Morgan fingerprint density at radius 1 is 1.40 bits per heavy atom. The van der Waals surface area contributed by atoms with Crippen LogP contribution in [0.4, 0.5) is 0 Å². The second kappa shape index (κ2) is 5.22. The monoisotopic (exact) mass is 289 g/mol. The lowest BCUT2D eigenvalue weighted by molar-refractivity contribution is 0.275. The van der Waals surface area contributed by atoms with Gasteiger partial charge >= 0.3 is 0 Å². The standard InChI is InChI=1S/C14H15N3O2S/c1-3-12-16-17-11(8-18)13(15-14(17)20-12)9-5-4-6-10(7-9)19-2/h4-7,18H,3,8H2,1-2H3. The van der Waals surface area contributed by atoms with Crippen molar-refractivity contribution in [2.75, 3.05) is 7.11 Å². The Morgan fingerprint density at radius 3 is 2.95 bits per heavy atom. The summed E-state index contributed by atoms with van der Waals surface area (Å²) < 4.78 is 6.97. The van der Waals surface area contributed by atoms with Gasteiger partial charge in [0.05, 0.1) is 25.1 Å². The molecule has 20 heavy (non-hydrogen) atoms. The molecule has 0 bridgehead atoms. The smallest absolute Gasteiger partial charge is 0.213 e. The number of hydrogen-bond acceptors (Lipinski definition) is 5. The fraction of sp³-hybridized carbons (Fsp3) is 0.286. The van der Waals surface area contributed by atoms with Crippen LogP contribution in [0.15, 0.2) is 24.3 Å². The van der Waals surface area contributed by atoms with Gasteiger partial charge in [-0.25, -0.2) is 9.50 Å². The molecule has 104 valence electrons. The van der Waals surface area contributed by atoms with Crippen molar-refractivity contribution in [1.29, 1.82) is 0 Å². The van der Waals surface area contributed by atoms with Gasteiger partial charge in [0.25, 0.3) is 0 Å². The minimum absolute atomic E-state index is 0.0966. The van der Waals surface area contributed by atoms with Crippen LogP contribution in [0.3, 0.4) is 0 Å². The van der Waals surface area contributed by atoms with Crippen molar-refractivity contribution in [2.24, 2.45) is 0 Å². The van der Waals surface area contributed by atoms with Crippen molar-refractivity contribution < 1.29 is 9.84 Å². The predicted molar refractivity (Wildman–Crippen MR) is 78.2 cm³/mol. The quantitative estimate of drug-likeness (QED) is 0.801. The van der Waals surface area contributed by atoms with Crippen LogP contribution in [0, 0.1) is 0 Å². The summed E-state index contributed by atoms with van der Waals surface area (Å²) in [6.45, 7) is 1.96. The van der Waals surface area contributed by atoms with Crippen molar-refractivity contribution >= 4 is 16.3 Å². The van der Waals surface area contributed by atoms with E-state index in [4.69, 9.17) is 4.74 Å². The molecule has 0 atom stereocenters. The van der Waals surface area contributed by atoms with Crippen LogP contribution in [-0.4, -0.2) is 26.8 Å². The maximum atomic E-state index is 9.65. The van der Waals surface area contributed by atoms with Gasteiger partial charge in [0, 0.05) is 5.56 Å². The lowest BCUT2D eigenvalue weighted by Crippen LogP contribution is -1.96. The maximum Gasteiger partial charge on any atom is 0.213 e. The zero-order valence-corrected chi connectivity index (χ0v) is 12.1. The molecule has 0 aliphatic carbocycles. The Kier molecular flexibility index (Phi) is 3.42. The molecule has 0 radical (unpaired) electrons. The average molecular weight is 289 g/mol. The van der Waals surface area contributed by atoms with E-state index in [2.05, 4.69) is 17.0 Å². The molecule has 3 aromatic rings. The second-order valence-corrected chi connectivity index (χ2v) is 5.38. The fourth-order valence-corrected chi connectivity index (χ4v) is 2.97. The molecule has 0 aliphatic heterocycles. The molecule has 0 fully saturated rings. The number of imidazole rings is 1. The molecule has 2 heterocycles. The SMILES string of the molecule is CCc1nn2c(CO)c(-c3cccc(OC)c3)nc2s1. The van der Waals surface area contributed by atoms with Crippen molar-refractivity contribution in [3.8, 4) is 17.0 Å². The molecule has 2 aromatic heterocycles. The molecule has 0 amide bonds. The zero-order chi connectivity index (χ0) is 14.1. The number of aromatic nitrogens is 3. The van der Waals surface area contributed by atoms with Gasteiger partial charge in [0.2, 0.25) is 4.96 Å². The van der Waals surface area contributed by atoms with Gasteiger partial charge in [-0.05, 0) is 18.6 Å². The number of methoxy groups -OCH3 is 1. The molecule has 3 rings (SSSR count). The van der Waals surface area contributed by atoms with E-state index in [-0.39, 0.29) is 6.61 Å². The van der Waals surface area contributed by atoms with Gasteiger partial charge in [-0.15, -0.1) is 0 Å². The number of rotatable bonds is 4. The van der Waals surface area contributed by atoms with Crippen LogP contribution in [0.25, 0.3) is 16.2 Å². The van der Waals surface area contributed by atoms with E-state index in [0.29, 0.717) is 5.69 Å². The highest BCUT2D eigenvalue weighted by Crippen LogP contribution is 2.29. The van der Waals surface area contributed by atoms with E-state index >= 15 is 0 Å². The topological polar surface area (TPSA) is 59.7 Å². The fourth-order valence-electron chi connectivity index (χ4n) is 2.12. The van der Waals surface area contributed by atoms with Crippen molar-refractivity contribution in [2.45, 2.75) is 20.0 Å². The van der Waals surface area contributed by atoms with Gasteiger partial charge in [0.15, 0.2) is 0 Å². The second-order valence-electron chi connectivity index (χ2n) is 4.34. The maximum absolute atomic E-state index is 9.65. The minimum atomic E-state index is -0.0966. The number of aliphatic hydroxyl groups excluding tert-OH is 1. The third-order valence-electron chi connectivity index (χ3n) is 3.13. The molecular weight excluding hydrogens is 274 g/mol. The largest absolute Gasteiger partial charge is 0.497 e. The van der Waals surface area contributed by atoms with E-state index in [1.54, 1.807) is 23.0 Å². The van der Waals surface area contributed by atoms with Crippen LogP contribution in [0.5, 0.6) is 5.75 Å². The van der Waals surface area contributed by atoms with Gasteiger partial charge in [0.1, 0.15) is 10.8 Å². The molecule has 0 unspecified atom stereocenters. The van der Waals surface area contributed by atoms with Gasteiger partial charge in [-0.2, -0.15) is 5.10 Å². The summed E-state index contributed by atoms with van der Waals surface area (Å²) in [6.07, 6.45) is 0.868. The molecule has 5 nitrogen and oxygen atoms in total. The van der Waals surface area contributed by atoms with Crippen LogP contribution < -0.4 is 4.74 Å². The molecular formula is C14H15N3O2S. The third kappa shape index (κ3) is 2.07. The Labute approximate surface area is 120 Å². The van der Waals surface area contributed by atoms with E-state index < -0.39 is 0 Å². The average Bonchev–Trinajstić information content (AvgIpc) is 3.03. The van der Waals surface area contributed by atoms with Gasteiger partial charge in [-0.1, -0.05) is 30.4 Å². The summed E-state index contributed by atoms with van der Waals surface area (Å²) in [5.74, 6) is 0.768. The highest BCUT2D eigenvalue weighted by atomic mass is 32.1. The number of ether oxygens (including phenoxy) is 1. The first-order valence-corrected chi connectivity index (χ1v) is 7.21. The highest BCUT2D eigenvalue weighted by Gasteiger charge is 2.17. The number of aliphatic hydroxyl groups is 1. The van der Waals surface area contributed by atoms with Crippen LogP contribution in [0.1, 0.15) is 17.6 Å². The normalized spacial score (nSPS) is 11.2. The highest BCUT2D eigenvalue weighted by molar-refractivity contribution is 7.16. The van der Waals surface area contributed by atoms with E-state index in [9.17, 15) is 5.11 Å². The Bertz CT molecular complexity index is 748. The Hall–Kier alpha value is -1.92. The molecule has 0 aliphatic rings. The van der Waals surface area contributed by atoms with Gasteiger partial charge in [-0.3, -0.25) is 0 Å². The van der Waals surface area contributed by atoms with Crippen LogP contribution >= 0.6 is 11.3 Å². The molecule has 1 N–H and O–H groups in total. The first-order valence-electron chi connectivity index (χ1n) is 6.39. The molecule has 6 heteroatoms. The third-order valence-corrected chi connectivity index (χ3v) is 4.19. The summed E-state index contributed by atoms with van der Waals surface area (Å²) in [7, 11) is 1.63. The number of nitrogens with zero attached hydrogens (tertiary/aromatic N) is 3. The van der Waals surface area contributed by atoms with Crippen molar-refractivity contribution in [3.63, 3.8) is 0 Å². The Morgan fingerprint density at radius 2 is 2.25 bits per heavy atom. The molecule has 0 saturated carbocycles. The first kappa shape index (κ1) is 13.1. The van der Waals surface area contributed by atoms with E-state index in [1.807, 2.05) is 24.3 Å². The first-order chi connectivity index (χ1) is 9.76. The summed E-state index contributed by atoms with van der Waals surface area (Å²) in [5.41, 5.74) is 2.39. The summed E-state index contributed by atoms with van der Waals surface area (Å²) in [4.78, 5) is 5.41. The molecule has 0 saturated heterocycles. The summed E-state index contributed by atoms with van der Waals surface area (Å²) >= 11 is 1.55. The minimum Gasteiger partial charge on any atom is -0.497 e. The zero-order valence-electron chi connectivity index (χ0n) is 11.3. The summed E-state index contributed by atoms with van der Waals surface area (Å²) in [5, 5.41) is 15.1. The van der Waals surface area contributed by atoms with Crippen molar-refractivity contribution in [1.82, 2.24) is 14.6 Å². The number of benzene rings is 1. The van der Waals surface area contributed by atoms with E-state index in [1.165, 1.54) is 0 Å². The molecule has 0 spiro atoms. The number of hydrogen-bond donors (Lipinski definition) is 1. The van der Waals surface area contributed by atoms with Crippen LogP contribution in [0.2, 0.25) is 0 Å². The number of aryl methyl sites for hydroxylation is 1. The lowest BCUT2D eigenvalue weighted by Gasteiger charge is -2.03. The summed E-state index contributed by atoms with van der Waals surface area (Å²) in [6, 6.07) is 7.66. The van der Waals surface area contributed by atoms with Crippen molar-refractivity contribution in [3.05, 3.63) is 35.0 Å². The predicted octanol–water partition coefficient (Wildman–Crippen LogP) is 2.52.